The number of carbonyl (C=O) groups excluding carboxylic acids is 2. The summed E-state index contributed by atoms with van der Waals surface area (Å²) >= 11 is 7.34. The predicted octanol–water partition coefficient (Wildman–Crippen LogP) is 4.99. The summed E-state index contributed by atoms with van der Waals surface area (Å²) in [5.74, 6) is -0.581. The van der Waals surface area contributed by atoms with E-state index in [9.17, 15) is 19.7 Å². The number of anilines is 1. The van der Waals surface area contributed by atoms with Crippen LogP contribution in [-0.2, 0) is 9.59 Å². The van der Waals surface area contributed by atoms with E-state index in [-0.39, 0.29) is 34.8 Å². The highest BCUT2D eigenvalue weighted by molar-refractivity contribution is 8.15. The molecule has 2 amide bonds. The van der Waals surface area contributed by atoms with Gasteiger partial charge in [0.05, 0.1) is 21.3 Å². The first kappa shape index (κ1) is 22.3. The fourth-order valence-corrected chi connectivity index (χ4v) is 4.96. The standard InChI is InChI=1S/C22H21ClN4O4S/c1-12-7-13(2)9-14(8-12)24-22-26(15-3-4-15)21(29)19(32-22)11-20(28)25-18-10-16(27(30)31)5-6-17(18)23/h5-10,15,19H,3-4,11H2,1-2H3,(H,25,28). The molecular formula is C22H21ClN4O4S. The van der Waals surface area contributed by atoms with Crippen LogP contribution in [-0.4, -0.2) is 38.1 Å². The fraction of sp³-hybridized carbons (Fsp3) is 0.318. The van der Waals surface area contributed by atoms with Crippen molar-refractivity contribution in [1.82, 2.24) is 4.90 Å². The summed E-state index contributed by atoms with van der Waals surface area (Å²) in [7, 11) is 0. The van der Waals surface area contributed by atoms with E-state index in [0.717, 1.165) is 29.7 Å². The lowest BCUT2D eigenvalue weighted by molar-refractivity contribution is -0.384. The highest BCUT2D eigenvalue weighted by Gasteiger charge is 2.46. The van der Waals surface area contributed by atoms with E-state index < -0.39 is 16.1 Å². The molecule has 166 valence electrons. The molecule has 2 aromatic carbocycles. The average molecular weight is 473 g/mol. The van der Waals surface area contributed by atoms with Gasteiger partial charge >= 0.3 is 0 Å². The molecule has 8 nitrogen and oxygen atoms in total. The number of rotatable bonds is 6. The first-order valence-electron chi connectivity index (χ1n) is 10.1. The van der Waals surface area contributed by atoms with Crippen LogP contribution >= 0.6 is 23.4 Å². The van der Waals surface area contributed by atoms with E-state index in [4.69, 9.17) is 16.6 Å². The van der Waals surface area contributed by atoms with Crippen LogP contribution < -0.4 is 5.32 Å². The smallest absolute Gasteiger partial charge is 0.271 e. The van der Waals surface area contributed by atoms with Crippen molar-refractivity contribution in [3.05, 3.63) is 62.7 Å². The minimum atomic E-state index is -0.613. The normalized spacial score (nSPS) is 19.5. The molecule has 4 rings (SSSR count). The van der Waals surface area contributed by atoms with Crippen molar-refractivity contribution in [1.29, 1.82) is 0 Å². The van der Waals surface area contributed by atoms with Crippen LogP contribution in [0.15, 0.2) is 41.4 Å². The highest BCUT2D eigenvalue weighted by Crippen LogP contribution is 2.40. The number of aliphatic imine (C=N–C) groups is 1. The van der Waals surface area contributed by atoms with Crippen molar-refractivity contribution in [2.24, 2.45) is 4.99 Å². The summed E-state index contributed by atoms with van der Waals surface area (Å²) < 4.78 is 0. The van der Waals surface area contributed by atoms with Crippen LogP contribution in [0.1, 0.15) is 30.4 Å². The van der Waals surface area contributed by atoms with Gasteiger partial charge in [-0.1, -0.05) is 29.4 Å². The summed E-state index contributed by atoms with van der Waals surface area (Å²) in [4.78, 5) is 42.5. The lowest BCUT2D eigenvalue weighted by Gasteiger charge is -2.15. The van der Waals surface area contributed by atoms with Gasteiger partial charge in [-0.05, 0) is 56.0 Å². The van der Waals surface area contributed by atoms with Crippen LogP contribution in [0.3, 0.4) is 0 Å². The number of nitrogens with one attached hydrogen (secondary N) is 1. The topological polar surface area (TPSA) is 105 Å². The molecular weight excluding hydrogens is 452 g/mol. The number of hydrogen-bond acceptors (Lipinski definition) is 6. The number of amides is 2. The third-order valence-corrected chi connectivity index (χ3v) is 6.60. The van der Waals surface area contributed by atoms with E-state index in [2.05, 4.69) is 11.4 Å². The number of nitro groups is 1. The lowest BCUT2D eigenvalue weighted by atomic mass is 10.1. The molecule has 1 atom stereocenters. The maximum absolute atomic E-state index is 13.0. The van der Waals surface area contributed by atoms with Gasteiger partial charge in [0, 0.05) is 24.6 Å². The zero-order valence-electron chi connectivity index (χ0n) is 17.5. The monoisotopic (exact) mass is 472 g/mol. The Morgan fingerprint density at radius 3 is 2.56 bits per heavy atom. The SMILES string of the molecule is Cc1cc(C)cc(N=C2SC(CC(=O)Nc3cc([N+](=O)[O-])ccc3Cl)C(=O)N2C2CC2)c1. The average Bonchev–Trinajstić information content (AvgIpc) is 3.48. The van der Waals surface area contributed by atoms with Gasteiger partial charge < -0.3 is 5.32 Å². The first-order valence-corrected chi connectivity index (χ1v) is 11.4. The van der Waals surface area contributed by atoms with Crippen LogP contribution in [0, 0.1) is 24.0 Å². The molecule has 0 radical (unpaired) electrons. The van der Waals surface area contributed by atoms with Crippen LogP contribution in [0.2, 0.25) is 5.02 Å². The molecule has 1 unspecified atom stereocenters. The number of nitro benzene ring substituents is 1. The number of amidine groups is 1. The summed E-state index contributed by atoms with van der Waals surface area (Å²) in [6.45, 7) is 3.99. The van der Waals surface area contributed by atoms with E-state index in [0.29, 0.717) is 5.17 Å². The Labute approximate surface area is 194 Å². The molecule has 1 N–H and O–H groups in total. The Hall–Kier alpha value is -2.91. The van der Waals surface area contributed by atoms with Gasteiger partial charge in [0.1, 0.15) is 5.25 Å². The number of carbonyl (C=O) groups is 2. The predicted molar refractivity (Wildman–Crippen MR) is 126 cm³/mol. The van der Waals surface area contributed by atoms with Crippen LogP contribution in [0.25, 0.3) is 0 Å². The molecule has 0 aromatic heterocycles. The van der Waals surface area contributed by atoms with E-state index in [1.807, 2.05) is 26.0 Å². The molecule has 10 heteroatoms. The summed E-state index contributed by atoms with van der Waals surface area (Å²) in [6, 6.07) is 9.92. The number of halogens is 1. The fourth-order valence-electron chi connectivity index (χ4n) is 3.58. The zero-order valence-corrected chi connectivity index (χ0v) is 19.1. The largest absolute Gasteiger partial charge is 0.325 e. The molecule has 0 bridgehead atoms. The van der Waals surface area contributed by atoms with Crippen molar-refractivity contribution in [3.63, 3.8) is 0 Å². The Balaban J connectivity index is 1.51. The maximum atomic E-state index is 13.0. The number of aryl methyl sites for hydroxylation is 2. The Morgan fingerprint density at radius 2 is 1.94 bits per heavy atom. The highest BCUT2D eigenvalue weighted by atomic mass is 35.5. The number of hydrogen-bond donors (Lipinski definition) is 1. The second kappa shape index (κ2) is 8.91. The zero-order chi connectivity index (χ0) is 23.0. The molecule has 1 saturated carbocycles. The molecule has 2 fully saturated rings. The number of benzene rings is 2. The number of non-ortho nitro benzene ring substituents is 1. The minimum Gasteiger partial charge on any atom is -0.325 e. The maximum Gasteiger partial charge on any atom is 0.271 e. The Morgan fingerprint density at radius 1 is 1.25 bits per heavy atom. The molecule has 1 saturated heterocycles. The molecule has 2 aliphatic rings. The van der Waals surface area contributed by atoms with E-state index in [1.54, 1.807) is 4.90 Å². The van der Waals surface area contributed by atoms with Crippen molar-refractivity contribution in [3.8, 4) is 0 Å². The van der Waals surface area contributed by atoms with E-state index >= 15 is 0 Å². The molecule has 1 heterocycles. The van der Waals surface area contributed by atoms with Crippen LogP contribution in [0.5, 0.6) is 0 Å². The van der Waals surface area contributed by atoms with Gasteiger partial charge in [-0.2, -0.15) is 0 Å². The molecule has 2 aromatic rings. The Kier molecular flexibility index (Phi) is 6.21. The second-order valence-electron chi connectivity index (χ2n) is 7.96. The van der Waals surface area contributed by atoms with Crippen molar-refractivity contribution < 1.29 is 14.5 Å². The summed E-state index contributed by atoms with van der Waals surface area (Å²) in [6.07, 6.45) is 1.75. The van der Waals surface area contributed by atoms with Crippen molar-refractivity contribution >= 4 is 57.4 Å². The lowest BCUT2D eigenvalue weighted by Crippen LogP contribution is -2.35. The molecule has 32 heavy (non-hydrogen) atoms. The van der Waals surface area contributed by atoms with Gasteiger partial charge in [0.15, 0.2) is 5.17 Å². The van der Waals surface area contributed by atoms with Gasteiger partial charge in [-0.25, -0.2) is 4.99 Å². The second-order valence-corrected chi connectivity index (χ2v) is 9.54. The Bertz CT molecular complexity index is 1130. The molecule has 0 spiro atoms. The first-order chi connectivity index (χ1) is 15.2. The van der Waals surface area contributed by atoms with Crippen molar-refractivity contribution in [2.45, 2.75) is 44.4 Å². The third-order valence-electron chi connectivity index (χ3n) is 5.12. The summed E-state index contributed by atoms with van der Waals surface area (Å²) in [5.41, 5.74) is 2.91. The number of thioether (sulfide) groups is 1. The molecule has 1 aliphatic carbocycles. The third kappa shape index (κ3) is 4.94. The van der Waals surface area contributed by atoms with Crippen LogP contribution in [0.4, 0.5) is 17.1 Å². The van der Waals surface area contributed by atoms with Gasteiger partial charge in [-0.3, -0.25) is 24.6 Å². The van der Waals surface area contributed by atoms with Gasteiger partial charge in [-0.15, -0.1) is 0 Å². The van der Waals surface area contributed by atoms with Gasteiger partial charge in [0.25, 0.3) is 5.69 Å². The quantitative estimate of drug-likeness (QED) is 0.471. The van der Waals surface area contributed by atoms with Crippen molar-refractivity contribution in [2.75, 3.05) is 5.32 Å². The molecule has 1 aliphatic heterocycles. The van der Waals surface area contributed by atoms with Gasteiger partial charge in [0.2, 0.25) is 11.8 Å². The summed E-state index contributed by atoms with van der Waals surface area (Å²) in [5, 5.41) is 13.8. The number of nitrogens with zero attached hydrogens (tertiary/aromatic N) is 3. The minimum absolute atomic E-state index is 0.0857. The van der Waals surface area contributed by atoms with E-state index in [1.165, 1.54) is 30.0 Å².